The number of aliphatic imine (C=N–C) groups is 4. The lowest BCUT2D eigenvalue weighted by Gasteiger charge is -2.12. The summed E-state index contributed by atoms with van der Waals surface area (Å²) in [6.45, 7) is 12.4. The normalized spacial score (nSPS) is 14.1. The SMILES string of the molecule is CC.CC.CC.c1ccc2c(c1)C1=NC2=Nc2c3ccccc3c3n2Cn2c(c4ccccc4c2=NC2=NC(=N3)c3ccccc32)=N1. The number of hydrogen-bond donors (Lipinski definition) is 0. The maximum Gasteiger partial charge on any atom is 0.164 e. The van der Waals surface area contributed by atoms with Crippen molar-refractivity contribution < 1.29 is 0 Å². The highest BCUT2D eigenvalue weighted by Gasteiger charge is 2.29. The van der Waals surface area contributed by atoms with Gasteiger partial charge in [0, 0.05) is 43.8 Å². The molecule has 0 fully saturated rings. The summed E-state index contributed by atoms with van der Waals surface area (Å²) in [7, 11) is 0. The fourth-order valence-corrected chi connectivity index (χ4v) is 6.35. The van der Waals surface area contributed by atoms with Gasteiger partial charge in [0.05, 0.1) is 0 Å². The minimum absolute atomic E-state index is 0.423. The maximum atomic E-state index is 5.22. The van der Waals surface area contributed by atoms with Crippen LogP contribution in [-0.4, -0.2) is 32.5 Å². The minimum Gasteiger partial charge on any atom is -0.291 e. The van der Waals surface area contributed by atoms with Crippen LogP contribution >= 0.6 is 0 Å². The Morgan fingerprint density at radius 1 is 0.362 bits per heavy atom. The zero-order valence-electron chi connectivity index (χ0n) is 27.5. The van der Waals surface area contributed by atoms with Gasteiger partial charge in [0.1, 0.15) is 29.3 Å². The Morgan fingerprint density at radius 3 is 1.06 bits per heavy atom. The van der Waals surface area contributed by atoms with Crippen LogP contribution in [0.15, 0.2) is 127 Å². The first kappa shape index (κ1) is 29.9. The molecule has 0 saturated heterocycles. The molecule has 2 aromatic heterocycles. The van der Waals surface area contributed by atoms with Crippen molar-refractivity contribution in [2.24, 2.45) is 30.0 Å². The van der Waals surface area contributed by atoms with Crippen molar-refractivity contribution in [2.75, 3.05) is 0 Å². The monoisotopic (exact) mass is 616 g/mol. The molecule has 6 aromatic rings. The van der Waals surface area contributed by atoms with Crippen LogP contribution in [-0.2, 0) is 6.67 Å². The molecule has 232 valence electrons. The third-order valence-corrected chi connectivity index (χ3v) is 8.21. The van der Waals surface area contributed by atoms with Crippen LogP contribution in [0.4, 0.5) is 11.6 Å². The lowest BCUT2D eigenvalue weighted by Crippen LogP contribution is -2.32. The van der Waals surface area contributed by atoms with E-state index in [1.165, 1.54) is 0 Å². The smallest absolute Gasteiger partial charge is 0.164 e. The Balaban J connectivity index is 0.000000556. The van der Waals surface area contributed by atoms with Gasteiger partial charge < -0.3 is 0 Å². The van der Waals surface area contributed by atoms with Crippen LogP contribution in [0, 0.1) is 0 Å². The van der Waals surface area contributed by atoms with E-state index in [1.54, 1.807) is 0 Å². The van der Waals surface area contributed by atoms with E-state index < -0.39 is 0 Å². The largest absolute Gasteiger partial charge is 0.291 e. The number of amidine groups is 4. The first-order chi connectivity index (χ1) is 23.3. The van der Waals surface area contributed by atoms with Gasteiger partial charge in [-0.25, -0.2) is 30.0 Å². The predicted octanol–water partition coefficient (Wildman–Crippen LogP) is 8.12. The van der Waals surface area contributed by atoms with E-state index >= 15 is 0 Å². The van der Waals surface area contributed by atoms with Crippen LogP contribution in [0.1, 0.15) is 63.8 Å². The molecule has 8 heteroatoms. The van der Waals surface area contributed by atoms with Crippen molar-refractivity contribution in [2.45, 2.75) is 48.2 Å². The van der Waals surface area contributed by atoms with Gasteiger partial charge in [-0.15, -0.1) is 0 Å². The second-order valence-electron chi connectivity index (χ2n) is 10.4. The topological polar surface area (TPSA) is 84.0 Å². The predicted molar refractivity (Wildman–Crippen MR) is 194 cm³/mol. The summed E-state index contributed by atoms with van der Waals surface area (Å²) in [6, 6.07) is 32.9. The van der Waals surface area contributed by atoms with Crippen molar-refractivity contribution in [3.8, 4) is 0 Å². The van der Waals surface area contributed by atoms with Crippen LogP contribution in [0.5, 0.6) is 0 Å². The van der Waals surface area contributed by atoms with E-state index in [-0.39, 0.29) is 0 Å². The molecular weight excluding hydrogens is 580 g/mol. The van der Waals surface area contributed by atoms with Crippen LogP contribution in [0.3, 0.4) is 0 Å². The highest BCUT2D eigenvalue weighted by atomic mass is 15.3. The van der Waals surface area contributed by atoms with Gasteiger partial charge in [0.2, 0.25) is 0 Å². The first-order valence-electron chi connectivity index (χ1n) is 16.5. The number of nitrogens with zero attached hydrogens (tertiary/aromatic N) is 8. The summed E-state index contributed by atoms with van der Waals surface area (Å²) in [5, 5.41) is 4.02. The summed E-state index contributed by atoms with van der Waals surface area (Å²) in [6.07, 6.45) is 0. The Kier molecular flexibility index (Phi) is 7.77. The van der Waals surface area contributed by atoms with Crippen LogP contribution < -0.4 is 11.0 Å². The molecule has 0 unspecified atom stereocenters. The van der Waals surface area contributed by atoms with Crippen molar-refractivity contribution in [1.82, 2.24) is 9.13 Å². The standard InChI is InChI=1S/C33H18N8.3C2H6/c1-2-10-19-18(9-1)26-34-27(19)37-31-24-15-7-8-16-25(24)33-39-29-21-12-4-3-11-20(21)28(35-29)38-32-23-14-6-5-13-22(23)30(36-26)40(32)17-41(31)33;3*1-2/h1-16H,17H2;3*1-2H3. The second kappa shape index (κ2) is 12.2. The van der Waals surface area contributed by atoms with Crippen LogP contribution in [0.25, 0.3) is 21.5 Å². The van der Waals surface area contributed by atoms with Gasteiger partial charge in [0.15, 0.2) is 23.3 Å². The Morgan fingerprint density at radius 2 is 0.681 bits per heavy atom. The molecule has 6 bridgehead atoms. The average molecular weight is 617 g/mol. The fraction of sp³-hybridized carbons (Fsp3) is 0.179. The summed E-state index contributed by atoms with van der Waals surface area (Å²) in [5.74, 6) is 4.18. The quantitative estimate of drug-likeness (QED) is 0.165. The van der Waals surface area contributed by atoms with E-state index in [0.29, 0.717) is 30.0 Å². The molecule has 8 nitrogen and oxygen atoms in total. The molecule has 0 spiro atoms. The third-order valence-electron chi connectivity index (χ3n) is 8.21. The summed E-state index contributed by atoms with van der Waals surface area (Å²) >= 11 is 0. The zero-order valence-corrected chi connectivity index (χ0v) is 27.5. The number of hydrogen-bond acceptors (Lipinski definition) is 6. The number of fused-ring (bicyclic) bond motifs is 14. The molecule has 10 rings (SSSR count). The van der Waals surface area contributed by atoms with Gasteiger partial charge in [-0.3, -0.25) is 9.13 Å². The van der Waals surface area contributed by atoms with Gasteiger partial charge in [-0.2, -0.15) is 0 Å². The van der Waals surface area contributed by atoms with Crippen molar-refractivity contribution in [3.05, 3.63) is 130 Å². The minimum atomic E-state index is 0.423. The summed E-state index contributed by atoms with van der Waals surface area (Å²) in [5.41, 5.74) is 5.45. The zero-order chi connectivity index (χ0) is 32.7. The molecule has 0 amide bonds. The van der Waals surface area contributed by atoms with Gasteiger partial charge in [-0.1, -0.05) is 139 Å². The number of rotatable bonds is 0. The highest BCUT2D eigenvalue weighted by Crippen LogP contribution is 2.40. The van der Waals surface area contributed by atoms with E-state index in [4.69, 9.17) is 30.0 Å². The Hall–Kier alpha value is -5.76. The van der Waals surface area contributed by atoms with E-state index in [0.717, 1.165) is 66.4 Å². The molecule has 4 aliphatic heterocycles. The lowest BCUT2D eigenvalue weighted by molar-refractivity contribution is 0.584. The first-order valence-corrected chi connectivity index (χ1v) is 16.5. The van der Waals surface area contributed by atoms with Gasteiger partial charge in [0.25, 0.3) is 0 Å². The van der Waals surface area contributed by atoms with Crippen molar-refractivity contribution >= 4 is 56.5 Å². The molecule has 4 aromatic carbocycles. The summed E-state index contributed by atoms with van der Waals surface area (Å²) < 4.78 is 4.31. The van der Waals surface area contributed by atoms with Gasteiger partial charge >= 0.3 is 0 Å². The molecule has 0 atom stereocenters. The number of aromatic nitrogens is 2. The second-order valence-corrected chi connectivity index (χ2v) is 10.4. The van der Waals surface area contributed by atoms with E-state index in [1.807, 2.05) is 90.1 Å². The lowest BCUT2D eigenvalue weighted by atomic mass is 10.1. The van der Waals surface area contributed by atoms with Crippen LogP contribution in [0.2, 0.25) is 0 Å². The average Bonchev–Trinajstić information content (AvgIpc) is 3.85. The highest BCUT2D eigenvalue weighted by molar-refractivity contribution is 6.25. The van der Waals surface area contributed by atoms with E-state index in [9.17, 15) is 0 Å². The molecule has 0 radical (unpaired) electrons. The molecular formula is C39H36N8. The van der Waals surface area contributed by atoms with Crippen molar-refractivity contribution in [1.29, 1.82) is 0 Å². The molecule has 4 aliphatic rings. The fourth-order valence-electron chi connectivity index (χ4n) is 6.35. The maximum absolute atomic E-state index is 5.22. The van der Waals surface area contributed by atoms with Gasteiger partial charge in [-0.05, 0) is 0 Å². The van der Waals surface area contributed by atoms with E-state index in [2.05, 4.69) is 57.7 Å². The van der Waals surface area contributed by atoms with Crippen molar-refractivity contribution in [3.63, 3.8) is 0 Å². The summed E-state index contributed by atoms with van der Waals surface area (Å²) in [4.78, 5) is 30.9. The molecule has 0 aliphatic carbocycles. The Labute approximate surface area is 273 Å². The third kappa shape index (κ3) is 4.51. The number of benzene rings is 4. The molecule has 6 heterocycles. The molecule has 0 N–H and O–H groups in total. The molecule has 0 saturated carbocycles. The molecule has 47 heavy (non-hydrogen) atoms. The Bertz CT molecular complexity index is 2280.